The fourth-order valence-electron chi connectivity index (χ4n) is 3.14. The summed E-state index contributed by atoms with van der Waals surface area (Å²) in [5.41, 5.74) is 1.77. The SMILES string of the molecule is Cc1ccc(C(C)(C)C)c(OC(=O)CCOP(=O)(Oc2ccccc2)c2ccccc2)c1. The molecule has 0 aliphatic carbocycles. The molecule has 3 aromatic rings. The third-order valence-corrected chi connectivity index (χ3v) is 6.68. The number of aryl methyl sites for hydroxylation is 1. The van der Waals surface area contributed by atoms with Gasteiger partial charge in [-0.2, -0.15) is 0 Å². The minimum Gasteiger partial charge on any atom is -0.426 e. The molecule has 0 saturated carbocycles. The van der Waals surface area contributed by atoms with Crippen molar-refractivity contribution in [2.45, 2.75) is 39.5 Å². The normalized spacial score (nSPS) is 13.2. The highest BCUT2D eigenvalue weighted by Gasteiger charge is 2.30. The van der Waals surface area contributed by atoms with Crippen molar-refractivity contribution >= 4 is 18.9 Å². The Bertz CT molecular complexity index is 1090. The van der Waals surface area contributed by atoms with Gasteiger partial charge in [-0.25, -0.2) is 4.57 Å². The zero-order chi connectivity index (χ0) is 23.2. The molecule has 32 heavy (non-hydrogen) atoms. The van der Waals surface area contributed by atoms with Gasteiger partial charge in [0.2, 0.25) is 0 Å². The standard InChI is InChI=1S/C26H29O5P/c1-20-15-16-23(26(2,3)4)24(19-20)30-25(27)17-18-29-32(28,22-13-9-6-10-14-22)31-21-11-7-5-8-12-21/h5-16,19H,17-18H2,1-4H3. The van der Waals surface area contributed by atoms with Gasteiger partial charge < -0.3 is 9.26 Å². The van der Waals surface area contributed by atoms with E-state index in [4.69, 9.17) is 13.8 Å². The fourth-order valence-corrected chi connectivity index (χ4v) is 4.72. The highest BCUT2D eigenvalue weighted by atomic mass is 31.2. The molecule has 0 aliphatic rings. The fraction of sp³-hybridized carbons (Fsp3) is 0.269. The largest absolute Gasteiger partial charge is 0.426 e. The predicted molar refractivity (Wildman–Crippen MR) is 127 cm³/mol. The van der Waals surface area contributed by atoms with Crippen LogP contribution in [0.2, 0.25) is 0 Å². The van der Waals surface area contributed by atoms with Gasteiger partial charge in [0.1, 0.15) is 11.5 Å². The summed E-state index contributed by atoms with van der Waals surface area (Å²) in [5.74, 6) is 0.506. The summed E-state index contributed by atoms with van der Waals surface area (Å²) in [7, 11) is -3.68. The van der Waals surface area contributed by atoms with Crippen molar-refractivity contribution in [3.05, 3.63) is 90.0 Å². The molecule has 0 heterocycles. The van der Waals surface area contributed by atoms with Crippen LogP contribution < -0.4 is 14.6 Å². The first-order valence-electron chi connectivity index (χ1n) is 10.5. The van der Waals surface area contributed by atoms with Crippen molar-refractivity contribution in [1.82, 2.24) is 0 Å². The maximum absolute atomic E-state index is 13.6. The second-order valence-electron chi connectivity index (χ2n) is 8.54. The maximum Gasteiger partial charge on any atom is 0.410 e. The van der Waals surface area contributed by atoms with Crippen molar-refractivity contribution in [2.75, 3.05) is 6.61 Å². The van der Waals surface area contributed by atoms with Gasteiger partial charge in [0.25, 0.3) is 0 Å². The Kier molecular flexibility index (Phi) is 7.55. The van der Waals surface area contributed by atoms with Crippen LogP contribution in [0.5, 0.6) is 11.5 Å². The second kappa shape index (κ2) is 10.2. The highest BCUT2D eigenvalue weighted by molar-refractivity contribution is 7.62. The van der Waals surface area contributed by atoms with E-state index in [1.54, 1.807) is 48.5 Å². The number of carbonyl (C=O) groups excluding carboxylic acids is 1. The first kappa shape index (κ1) is 23.8. The van der Waals surface area contributed by atoms with Crippen LogP contribution in [-0.2, 0) is 19.3 Å². The van der Waals surface area contributed by atoms with Crippen LogP contribution in [0.25, 0.3) is 0 Å². The zero-order valence-electron chi connectivity index (χ0n) is 18.9. The molecule has 0 radical (unpaired) electrons. The maximum atomic E-state index is 13.6. The molecule has 1 atom stereocenters. The molecule has 1 unspecified atom stereocenters. The summed E-state index contributed by atoms with van der Waals surface area (Å²) in [4.78, 5) is 12.6. The van der Waals surface area contributed by atoms with Crippen molar-refractivity contribution in [3.8, 4) is 11.5 Å². The first-order valence-corrected chi connectivity index (χ1v) is 12.1. The lowest BCUT2D eigenvalue weighted by molar-refractivity contribution is -0.135. The summed E-state index contributed by atoms with van der Waals surface area (Å²) < 4.78 is 30.6. The van der Waals surface area contributed by atoms with Gasteiger partial charge >= 0.3 is 13.6 Å². The van der Waals surface area contributed by atoms with Gasteiger partial charge in [-0.1, -0.05) is 69.3 Å². The molecular formula is C26H29O5P. The van der Waals surface area contributed by atoms with Crippen molar-refractivity contribution in [2.24, 2.45) is 0 Å². The Morgan fingerprint density at radius 1 is 0.906 bits per heavy atom. The second-order valence-corrected chi connectivity index (χ2v) is 10.5. The number of ether oxygens (including phenoxy) is 1. The number of rotatable bonds is 8. The molecule has 0 saturated heterocycles. The Balaban J connectivity index is 1.70. The van der Waals surface area contributed by atoms with E-state index < -0.39 is 13.6 Å². The average Bonchev–Trinajstić information content (AvgIpc) is 2.74. The van der Waals surface area contributed by atoms with Crippen LogP contribution in [-0.4, -0.2) is 12.6 Å². The van der Waals surface area contributed by atoms with E-state index in [0.29, 0.717) is 16.8 Å². The van der Waals surface area contributed by atoms with Gasteiger partial charge in [0, 0.05) is 5.56 Å². The number of hydrogen-bond acceptors (Lipinski definition) is 5. The molecule has 0 N–H and O–H groups in total. The summed E-state index contributed by atoms with van der Waals surface area (Å²) in [6, 6.07) is 23.4. The molecular weight excluding hydrogens is 423 g/mol. The number of para-hydroxylation sites is 1. The van der Waals surface area contributed by atoms with Crippen molar-refractivity contribution in [3.63, 3.8) is 0 Å². The lowest BCUT2D eigenvalue weighted by Crippen LogP contribution is -2.18. The predicted octanol–water partition coefficient (Wildman–Crippen LogP) is 6.20. The minimum atomic E-state index is -3.68. The molecule has 0 fully saturated rings. The monoisotopic (exact) mass is 452 g/mol. The third-order valence-electron chi connectivity index (χ3n) is 4.78. The quantitative estimate of drug-likeness (QED) is 0.231. The zero-order valence-corrected chi connectivity index (χ0v) is 19.8. The number of hydrogen-bond donors (Lipinski definition) is 0. The Morgan fingerprint density at radius 2 is 1.53 bits per heavy atom. The van der Waals surface area contributed by atoms with E-state index >= 15 is 0 Å². The van der Waals surface area contributed by atoms with Gasteiger partial charge in [0.05, 0.1) is 18.3 Å². The highest BCUT2D eigenvalue weighted by Crippen LogP contribution is 2.47. The lowest BCUT2D eigenvalue weighted by atomic mass is 9.86. The van der Waals surface area contributed by atoms with Crippen LogP contribution in [0, 0.1) is 6.92 Å². The van der Waals surface area contributed by atoms with E-state index in [-0.39, 0.29) is 18.4 Å². The number of benzene rings is 3. The molecule has 0 spiro atoms. The molecule has 0 aliphatic heterocycles. The summed E-state index contributed by atoms with van der Waals surface area (Å²) in [6.07, 6.45) is -0.0630. The topological polar surface area (TPSA) is 61.8 Å². The summed E-state index contributed by atoms with van der Waals surface area (Å²) in [5, 5.41) is 0.422. The smallest absolute Gasteiger partial charge is 0.410 e. The van der Waals surface area contributed by atoms with Crippen LogP contribution in [0.3, 0.4) is 0 Å². The van der Waals surface area contributed by atoms with Crippen LogP contribution in [0.4, 0.5) is 0 Å². The Hall–Kier alpha value is -2.88. The summed E-state index contributed by atoms with van der Waals surface area (Å²) in [6.45, 7) is 8.04. The third kappa shape index (κ3) is 6.32. The number of esters is 1. The van der Waals surface area contributed by atoms with Gasteiger partial charge in [0.15, 0.2) is 0 Å². The Morgan fingerprint density at radius 3 is 2.16 bits per heavy atom. The molecule has 0 aromatic heterocycles. The molecule has 0 bridgehead atoms. The molecule has 3 aromatic carbocycles. The molecule has 0 amide bonds. The van der Waals surface area contributed by atoms with E-state index in [2.05, 4.69) is 20.8 Å². The average molecular weight is 452 g/mol. The van der Waals surface area contributed by atoms with Crippen molar-refractivity contribution < 1.29 is 23.1 Å². The molecule has 168 valence electrons. The van der Waals surface area contributed by atoms with E-state index in [1.807, 2.05) is 37.3 Å². The van der Waals surface area contributed by atoms with E-state index in [9.17, 15) is 9.36 Å². The van der Waals surface area contributed by atoms with Crippen LogP contribution in [0.15, 0.2) is 78.9 Å². The number of carbonyl (C=O) groups is 1. The lowest BCUT2D eigenvalue weighted by Gasteiger charge is -2.23. The van der Waals surface area contributed by atoms with Gasteiger partial charge in [-0.05, 0) is 48.2 Å². The summed E-state index contributed by atoms with van der Waals surface area (Å²) >= 11 is 0. The van der Waals surface area contributed by atoms with E-state index in [0.717, 1.165) is 11.1 Å². The van der Waals surface area contributed by atoms with Crippen LogP contribution >= 0.6 is 7.60 Å². The van der Waals surface area contributed by atoms with Crippen molar-refractivity contribution in [1.29, 1.82) is 0 Å². The van der Waals surface area contributed by atoms with Gasteiger partial charge in [-0.15, -0.1) is 0 Å². The molecule has 5 nitrogen and oxygen atoms in total. The van der Waals surface area contributed by atoms with Gasteiger partial charge in [-0.3, -0.25) is 9.32 Å². The molecule has 6 heteroatoms. The minimum absolute atomic E-state index is 0.0630. The van der Waals surface area contributed by atoms with Crippen LogP contribution in [0.1, 0.15) is 38.3 Å². The van der Waals surface area contributed by atoms with E-state index in [1.165, 1.54) is 0 Å². The first-order chi connectivity index (χ1) is 15.2. The molecule has 3 rings (SSSR count). The Labute approximate surface area is 189 Å².